The van der Waals surface area contributed by atoms with Crippen LogP contribution in [0.5, 0.6) is 0 Å². The van der Waals surface area contributed by atoms with E-state index in [9.17, 15) is 9.59 Å². The number of aromatic nitrogens is 2. The summed E-state index contributed by atoms with van der Waals surface area (Å²) in [4.78, 5) is 26.0. The fourth-order valence-corrected chi connectivity index (χ4v) is 3.53. The molecule has 3 rings (SSSR count). The SMILES string of the molecule is Cc1nnc(NC(=O)CN2C(=O)CSC=C2c2ccccc2)s1. The van der Waals surface area contributed by atoms with E-state index in [1.54, 1.807) is 0 Å². The van der Waals surface area contributed by atoms with Crippen LogP contribution < -0.4 is 5.32 Å². The number of carbonyl (C=O) groups excluding carboxylic acids is 2. The largest absolute Gasteiger partial charge is 0.301 e. The molecule has 118 valence electrons. The van der Waals surface area contributed by atoms with Crippen LogP contribution in [-0.4, -0.2) is 39.2 Å². The number of anilines is 1. The van der Waals surface area contributed by atoms with E-state index in [1.807, 2.05) is 42.7 Å². The molecule has 23 heavy (non-hydrogen) atoms. The summed E-state index contributed by atoms with van der Waals surface area (Å²) >= 11 is 2.74. The number of aryl methyl sites for hydroxylation is 1. The number of amides is 2. The van der Waals surface area contributed by atoms with Gasteiger partial charge >= 0.3 is 0 Å². The highest BCUT2D eigenvalue weighted by molar-refractivity contribution is 8.03. The zero-order chi connectivity index (χ0) is 16.2. The third kappa shape index (κ3) is 3.77. The molecule has 0 saturated carbocycles. The first-order valence-electron chi connectivity index (χ1n) is 6.91. The maximum absolute atomic E-state index is 12.2. The molecule has 0 radical (unpaired) electrons. The highest BCUT2D eigenvalue weighted by Gasteiger charge is 2.25. The molecule has 1 aliphatic rings. The van der Waals surface area contributed by atoms with Crippen LogP contribution in [0.4, 0.5) is 5.13 Å². The van der Waals surface area contributed by atoms with Crippen LogP contribution in [0.15, 0.2) is 35.7 Å². The molecule has 0 atom stereocenters. The lowest BCUT2D eigenvalue weighted by Gasteiger charge is -2.27. The summed E-state index contributed by atoms with van der Waals surface area (Å²) in [7, 11) is 0. The van der Waals surface area contributed by atoms with E-state index in [0.29, 0.717) is 10.9 Å². The highest BCUT2D eigenvalue weighted by atomic mass is 32.2. The summed E-state index contributed by atoms with van der Waals surface area (Å²) < 4.78 is 0. The van der Waals surface area contributed by atoms with E-state index in [1.165, 1.54) is 28.0 Å². The normalized spacial score (nSPS) is 14.6. The molecule has 0 bridgehead atoms. The number of thioether (sulfide) groups is 1. The van der Waals surface area contributed by atoms with Crippen LogP contribution in [0.1, 0.15) is 10.6 Å². The molecule has 0 saturated heterocycles. The average Bonchev–Trinajstić information content (AvgIpc) is 2.95. The Labute approximate surface area is 141 Å². The van der Waals surface area contributed by atoms with Gasteiger partial charge in [0.05, 0.1) is 11.4 Å². The Morgan fingerprint density at radius 2 is 2.09 bits per heavy atom. The van der Waals surface area contributed by atoms with Gasteiger partial charge < -0.3 is 4.90 Å². The minimum absolute atomic E-state index is 0.0429. The van der Waals surface area contributed by atoms with Crippen molar-refractivity contribution in [2.24, 2.45) is 0 Å². The smallest absolute Gasteiger partial charge is 0.246 e. The number of nitrogens with zero attached hydrogens (tertiary/aromatic N) is 3. The number of carbonyl (C=O) groups is 2. The quantitative estimate of drug-likeness (QED) is 0.920. The summed E-state index contributed by atoms with van der Waals surface area (Å²) in [6.45, 7) is 1.77. The van der Waals surface area contributed by atoms with Crippen molar-refractivity contribution in [1.82, 2.24) is 15.1 Å². The molecule has 1 aromatic carbocycles. The van der Waals surface area contributed by atoms with E-state index in [-0.39, 0.29) is 18.4 Å². The van der Waals surface area contributed by atoms with Gasteiger partial charge in [-0.1, -0.05) is 41.7 Å². The molecule has 6 nitrogen and oxygen atoms in total. The molecule has 0 aliphatic carbocycles. The Bertz CT molecular complexity index is 758. The molecule has 2 aromatic rings. The standard InChI is InChI=1S/C15H14N4O2S2/c1-10-17-18-15(23-10)16-13(20)7-19-12(8-22-9-14(19)21)11-5-3-2-4-6-11/h2-6,8H,7,9H2,1H3,(H,16,18,20). The van der Waals surface area contributed by atoms with E-state index >= 15 is 0 Å². The number of nitrogens with one attached hydrogen (secondary N) is 1. The second-order valence-electron chi connectivity index (χ2n) is 4.83. The van der Waals surface area contributed by atoms with Crippen molar-refractivity contribution in [2.45, 2.75) is 6.92 Å². The highest BCUT2D eigenvalue weighted by Crippen LogP contribution is 2.28. The number of hydrogen-bond acceptors (Lipinski definition) is 6. The number of hydrogen-bond donors (Lipinski definition) is 1. The second-order valence-corrected chi connectivity index (χ2v) is 6.87. The third-order valence-corrected chi connectivity index (χ3v) is 4.69. The number of benzene rings is 1. The van der Waals surface area contributed by atoms with E-state index in [4.69, 9.17) is 0 Å². The molecule has 8 heteroatoms. The van der Waals surface area contributed by atoms with E-state index in [2.05, 4.69) is 15.5 Å². The van der Waals surface area contributed by atoms with Gasteiger partial charge in [0.2, 0.25) is 16.9 Å². The van der Waals surface area contributed by atoms with Crippen molar-refractivity contribution >= 4 is 45.7 Å². The lowest BCUT2D eigenvalue weighted by atomic mass is 10.1. The van der Waals surface area contributed by atoms with Crippen LogP contribution in [-0.2, 0) is 9.59 Å². The topological polar surface area (TPSA) is 75.2 Å². The first-order valence-corrected chi connectivity index (χ1v) is 8.77. The molecule has 1 aromatic heterocycles. The number of rotatable bonds is 4. The van der Waals surface area contributed by atoms with Crippen LogP contribution >= 0.6 is 23.1 Å². The van der Waals surface area contributed by atoms with Crippen molar-refractivity contribution in [2.75, 3.05) is 17.6 Å². The lowest BCUT2D eigenvalue weighted by Crippen LogP contribution is -2.39. The van der Waals surface area contributed by atoms with Gasteiger partial charge in [-0.15, -0.1) is 22.0 Å². The van der Waals surface area contributed by atoms with Crippen LogP contribution in [0.2, 0.25) is 0 Å². The minimum Gasteiger partial charge on any atom is -0.301 e. The van der Waals surface area contributed by atoms with Crippen molar-refractivity contribution in [3.63, 3.8) is 0 Å². The Hall–Kier alpha value is -2.19. The van der Waals surface area contributed by atoms with Crippen molar-refractivity contribution in [1.29, 1.82) is 0 Å². The third-order valence-electron chi connectivity index (χ3n) is 3.14. The predicted octanol–water partition coefficient (Wildman–Crippen LogP) is 2.36. The fraction of sp³-hybridized carbons (Fsp3) is 0.200. The van der Waals surface area contributed by atoms with Gasteiger partial charge in [-0.05, 0) is 17.9 Å². The zero-order valence-corrected chi connectivity index (χ0v) is 14.0. The van der Waals surface area contributed by atoms with Crippen molar-refractivity contribution < 1.29 is 9.59 Å². The molecule has 1 aliphatic heterocycles. The molecular weight excluding hydrogens is 332 g/mol. The van der Waals surface area contributed by atoms with Gasteiger partial charge in [-0.3, -0.25) is 14.9 Å². The first-order chi connectivity index (χ1) is 11.1. The van der Waals surface area contributed by atoms with Gasteiger partial charge in [0.1, 0.15) is 11.6 Å². The molecule has 2 amide bonds. The minimum atomic E-state index is -0.289. The van der Waals surface area contributed by atoms with E-state index in [0.717, 1.165) is 16.3 Å². The van der Waals surface area contributed by atoms with Gasteiger partial charge in [-0.25, -0.2) is 0 Å². The Morgan fingerprint density at radius 1 is 1.30 bits per heavy atom. The predicted molar refractivity (Wildman–Crippen MR) is 91.9 cm³/mol. The maximum atomic E-state index is 12.2. The van der Waals surface area contributed by atoms with E-state index < -0.39 is 0 Å². The second kappa shape index (κ2) is 6.93. The maximum Gasteiger partial charge on any atom is 0.246 e. The molecule has 2 heterocycles. The fourth-order valence-electron chi connectivity index (χ4n) is 2.12. The average molecular weight is 346 g/mol. The summed E-state index contributed by atoms with van der Waals surface area (Å²) in [6, 6.07) is 9.56. The molecule has 0 fully saturated rings. The monoisotopic (exact) mass is 346 g/mol. The zero-order valence-electron chi connectivity index (χ0n) is 12.4. The van der Waals surface area contributed by atoms with Crippen molar-refractivity contribution in [3.05, 3.63) is 46.3 Å². The summed E-state index contributed by atoms with van der Waals surface area (Å²) in [5, 5.41) is 13.5. The lowest BCUT2D eigenvalue weighted by molar-refractivity contribution is -0.129. The molecule has 0 spiro atoms. The molecule has 0 unspecified atom stereocenters. The van der Waals surface area contributed by atoms with Crippen LogP contribution in [0.3, 0.4) is 0 Å². The van der Waals surface area contributed by atoms with Crippen LogP contribution in [0, 0.1) is 6.92 Å². The first kappa shape index (κ1) is 15.7. The Morgan fingerprint density at radius 3 is 2.78 bits per heavy atom. The summed E-state index contributed by atoms with van der Waals surface area (Å²) in [6.07, 6.45) is 0. The Kier molecular flexibility index (Phi) is 4.73. The van der Waals surface area contributed by atoms with Gasteiger partial charge in [0, 0.05) is 0 Å². The molecular formula is C15H14N4O2S2. The van der Waals surface area contributed by atoms with Gasteiger partial charge in [-0.2, -0.15) is 0 Å². The summed E-state index contributed by atoms with van der Waals surface area (Å²) in [5.74, 6) is -0.0372. The summed E-state index contributed by atoms with van der Waals surface area (Å²) in [5.41, 5.74) is 1.66. The van der Waals surface area contributed by atoms with Crippen LogP contribution in [0.25, 0.3) is 5.70 Å². The molecule has 1 N–H and O–H groups in total. The van der Waals surface area contributed by atoms with Gasteiger partial charge in [0.25, 0.3) is 0 Å². The van der Waals surface area contributed by atoms with Crippen molar-refractivity contribution in [3.8, 4) is 0 Å². The Balaban J connectivity index is 1.75. The van der Waals surface area contributed by atoms with Gasteiger partial charge in [0.15, 0.2) is 0 Å².